The number of para-hydroxylation sites is 1. The number of ketones is 1. The van der Waals surface area contributed by atoms with Gasteiger partial charge in [-0.3, -0.25) is 14.4 Å². The van der Waals surface area contributed by atoms with Crippen molar-refractivity contribution in [1.82, 2.24) is 20.2 Å². The van der Waals surface area contributed by atoms with E-state index < -0.39 is 17.8 Å². The molecule has 3 heterocycles. The van der Waals surface area contributed by atoms with Gasteiger partial charge in [0.2, 0.25) is 11.8 Å². The fourth-order valence-corrected chi connectivity index (χ4v) is 6.53. The summed E-state index contributed by atoms with van der Waals surface area (Å²) in [5, 5.41) is 3.13. The van der Waals surface area contributed by atoms with E-state index in [2.05, 4.69) is 15.3 Å². The normalized spacial score (nSPS) is 23.6. The van der Waals surface area contributed by atoms with Crippen molar-refractivity contribution in [2.75, 3.05) is 6.54 Å². The molecule has 224 valence electrons. The third kappa shape index (κ3) is 7.64. The van der Waals surface area contributed by atoms with Gasteiger partial charge in [-0.25, -0.2) is 9.37 Å². The number of hydrogen-bond acceptors (Lipinski definition) is 4. The Morgan fingerprint density at radius 1 is 0.881 bits per heavy atom. The summed E-state index contributed by atoms with van der Waals surface area (Å²) in [5.74, 6) is -1.06. The highest BCUT2D eigenvalue weighted by Gasteiger charge is 2.34. The zero-order valence-corrected chi connectivity index (χ0v) is 24.5. The van der Waals surface area contributed by atoms with Crippen molar-refractivity contribution in [3.8, 4) is 0 Å². The van der Waals surface area contributed by atoms with Crippen molar-refractivity contribution in [1.29, 1.82) is 0 Å². The number of imidazole rings is 1. The minimum Gasteiger partial charge on any atom is -0.346 e. The molecule has 3 aromatic rings. The lowest BCUT2D eigenvalue weighted by Gasteiger charge is -2.27. The van der Waals surface area contributed by atoms with Gasteiger partial charge in [-0.2, -0.15) is 0 Å². The van der Waals surface area contributed by atoms with Gasteiger partial charge in [0, 0.05) is 25.8 Å². The Balaban J connectivity index is 1.37. The molecule has 0 saturated carbocycles. The number of aromatic amines is 1. The molecule has 2 amide bonds. The molecule has 0 bridgehead atoms. The van der Waals surface area contributed by atoms with E-state index >= 15 is 0 Å². The van der Waals surface area contributed by atoms with E-state index in [1.54, 1.807) is 12.1 Å². The number of fused-ring (bicyclic) bond motifs is 1. The smallest absolute Gasteiger partial charge is 0.224 e. The van der Waals surface area contributed by atoms with Crippen LogP contribution in [0.25, 0.3) is 11.0 Å². The fourth-order valence-electron chi connectivity index (χ4n) is 6.53. The lowest BCUT2D eigenvalue weighted by molar-refractivity contribution is -0.138. The molecule has 0 unspecified atom stereocenters. The summed E-state index contributed by atoms with van der Waals surface area (Å²) >= 11 is 0. The topological polar surface area (TPSA) is 95.2 Å². The van der Waals surface area contributed by atoms with Crippen LogP contribution in [0, 0.1) is 11.7 Å². The van der Waals surface area contributed by atoms with Crippen LogP contribution in [0.4, 0.5) is 4.39 Å². The van der Waals surface area contributed by atoms with Gasteiger partial charge in [0.25, 0.3) is 0 Å². The van der Waals surface area contributed by atoms with Crippen molar-refractivity contribution in [3.05, 3.63) is 65.7 Å². The number of benzene rings is 2. The summed E-state index contributed by atoms with van der Waals surface area (Å²) < 4.78 is 14.5. The van der Waals surface area contributed by atoms with E-state index in [0.717, 1.165) is 69.8 Å². The van der Waals surface area contributed by atoms with Gasteiger partial charge in [-0.15, -0.1) is 0 Å². The fraction of sp³-hybridized carbons (Fsp3) is 0.529. The molecule has 1 aromatic heterocycles. The molecule has 0 spiro atoms. The molecule has 8 heteroatoms. The lowest BCUT2D eigenvalue weighted by Crippen LogP contribution is -2.39. The molecule has 2 aliphatic rings. The Kier molecular flexibility index (Phi) is 10.4. The predicted octanol–water partition coefficient (Wildman–Crippen LogP) is 7.10. The van der Waals surface area contributed by atoms with Gasteiger partial charge in [0.1, 0.15) is 17.1 Å². The molecular formula is C34H43FN4O3. The van der Waals surface area contributed by atoms with E-state index in [-0.39, 0.29) is 42.0 Å². The largest absolute Gasteiger partial charge is 0.346 e. The van der Waals surface area contributed by atoms with Gasteiger partial charge in [-0.1, -0.05) is 81.3 Å². The SMILES string of the molecule is O=C1CCCCCCCCCC[C@@H](c2nc3c(F)cccc3[nH]2)NC(=O)[C@H](CC(=O)N2CCC[C@@H]2c2ccccc2)C1. The zero-order chi connectivity index (χ0) is 29.3. The second-order valence-electron chi connectivity index (χ2n) is 12.0. The Bertz CT molecular complexity index is 1360. The van der Waals surface area contributed by atoms with Gasteiger partial charge >= 0.3 is 0 Å². The predicted molar refractivity (Wildman–Crippen MR) is 161 cm³/mol. The van der Waals surface area contributed by atoms with Crippen molar-refractivity contribution >= 4 is 28.6 Å². The van der Waals surface area contributed by atoms with E-state index in [1.807, 2.05) is 35.2 Å². The minimum absolute atomic E-state index is 0.0115. The molecule has 7 nitrogen and oxygen atoms in total. The number of hydrogen-bond donors (Lipinski definition) is 2. The highest BCUT2D eigenvalue weighted by molar-refractivity contribution is 5.91. The first-order valence-corrected chi connectivity index (χ1v) is 15.8. The molecular weight excluding hydrogens is 531 g/mol. The average molecular weight is 575 g/mol. The number of Topliss-reactive ketones (excluding diaryl/α,β-unsaturated/α-hetero) is 1. The second-order valence-corrected chi connectivity index (χ2v) is 12.0. The molecule has 42 heavy (non-hydrogen) atoms. The standard InChI is InChI=1S/C34H43FN4O3/c35-27-17-12-19-28-32(27)38-33(36-28)29-18-11-6-4-2-1-3-5-10-16-26(40)22-25(34(42)37-29)23-31(41)39-21-13-20-30(39)24-14-8-7-9-15-24/h7-9,12,14-15,17,19,25,29-30H,1-6,10-11,13,16,18,20-23H2,(H,36,38)(H,37,42)/t25-,29-,30+/m0/s1. The summed E-state index contributed by atoms with van der Waals surface area (Å²) in [5.41, 5.74) is 1.92. The summed E-state index contributed by atoms with van der Waals surface area (Å²) in [6.45, 7) is 0.647. The van der Waals surface area contributed by atoms with Crippen LogP contribution in [0.3, 0.4) is 0 Å². The maximum Gasteiger partial charge on any atom is 0.224 e. The third-order valence-corrected chi connectivity index (χ3v) is 8.85. The first-order chi connectivity index (χ1) is 20.5. The number of likely N-dealkylation sites (tertiary alicyclic amines) is 1. The Morgan fingerprint density at radius 2 is 1.62 bits per heavy atom. The van der Waals surface area contributed by atoms with E-state index in [0.29, 0.717) is 30.7 Å². The first kappa shape index (κ1) is 29.9. The van der Waals surface area contributed by atoms with E-state index in [4.69, 9.17) is 0 Å². The second kappa shape index (κ2) is 14.6. The van der Waals surface area contributed by atoms with Crippen LogP contribution < -0.4 is 5.32 Å². The number of nitrogens with zero attached hydrogens (tertiary/aromatic N) is 2. The maximum atomic E-state index is 14.5. The van der Waals surface area contributed by atoms with E-state index in [9.17, 15) is 18.8 Å². The summed E-state index contributed by atoms with van der Waals surface area (Å²) in [6.07, 6.45) is 11.2. The number of aromatic nitrogens is 2. The summed E-state index contributed by atoms with van der Waals surface area (Å²) in [4.78, 5) is 50.2. The molecule has 5 rings (SSSR count). The van der Waals surface area contributed by atoms with Gasteiger partial charge in [-0.05, 0) is 43.4 Å². The summed E-state index contributed by atoms with van der Waals surface area (Å²) in [6, 6.07) is 14.3. The van der Waals surface area contributed by atoms with Gasteiger partial charge < -0.3 is 15.2 Å². The van der Waals surface area contributed by atoms with Crippen LogP contribution >= 0.6 is 0 Å². The summed E-state index contributed by atoms with van der Waals surface area (Å²) in [7, 11) is 0. The molecule has 3 atom stereocenters. The minimum atomic E-state index is -0.765. The van der Waals surface area contributed by atoms with Crippen molar-refractivity contribution in [3.63, 3.8) is 0 Å². The molecule has 0 aliphatic carbocycles. The molecule has 2 saturated heterocycles. The first-order valence-electron chi connectivity index (χ1n) is 15.8. The van der Waals surface area contributed by atoms with Crippen LogP contribution in [-0.2, 0) is 14.4 Å². The van der Waals surface area contributed by atoms with Crippen LogP contribution in [0.5, 0.6) is 0 Å². The van der Waals surface area contributed by atoms with Gasteiger partial charge in [0.05, 0.1) is 23.5 Å². The number of rotatable bonds is 4. The van der Waals surface area contributed by atoms with Crippen molar-refractivity contribution in [2.45, 2.75) is 102 Å². The van der Waals surface area contributed by atoms with Crippen LogP contribution in [0.2, 0.25) is 0 Å². The average Bonchev–Trinajstić information content (AvgIpc) is 3.66. The molecule has 0 radical (unpaired) electrons. The lowest BCUT2D eigenvalue weighted by atomic mass is 9.93. The van der Waals surface area contributed by atoms with Gasteiger partial charge in [0.15, 0.2) is 5.82 Å². The number of nitrogens with one attached hydrogen (secondary N) is 2. The van der Waals surface area contributed by atoms with Crippen LogP contribution in [-0.4, -0.2) is 39.0 Å². The molecule has 2 fully saturated rings. The molecule has 2 N–H and O–H groups in total. The third-order valence-electron chi connectivity index (χ3n) is 8.85. The number of H-pyrrole nitrogens is 1. The van der Waals surface area contributed by atoms with Crippen molar-refractivity contribution in [2.24, 2.45) is 5.92 Å². The Labute approximate surface area is 247 Å². The monoisotopic (exact) mass is 574 g/mol. The zero-order valence-electron chi connectivity index (χ0n) is 24.5. The Hall–Kier alpha value is -3.55. The van der Waals surface area contributed by atoms with Crippen LogP contribution in [0.15, 0.2) is 48.5 Å². The highest BCUT2D eigenvalue weighted by Crippen LogP contribution is 2.33. The van der Waals surface area contributed by atoms with Crippen molar-refractivity contribution < 1.29 is 18.8 Å². The van der Waals surface area contributed by atoms with E-state index in [1.165, 1.54) is 6.07 Å². The number of halogens is 1. The number of carbonyl (C=O) groups is 3. The maximum absolute atomic E-state index is 14.5. The van der Waals surface area contributed by atoms with Crippen LogP contribution in [0.1, 0.15) is 113 Å². The highest BCUT2D eigenvalue weighted by atomic mass is 19.1. The molecule has 2 aliphatic heterocycles. The molecule has 2 aromatic carbocycles. The number of amides is 2. The Morgan fingerprint density at radius 3 is 2.38 bits per heavy atom. The quantitative estimate of drug-likeness (QED) is 0.347. The number of carbonyl (C=O) groups excluding carboxylic acids is 3.